The maximum atomic E-state index is 15.4. The Morgan fingerprint density at radius 1 is 1.24 bits per heavy atom. The average molecular weight is 461 g/mol. The highest BCUT2D eigenvalue weighted by molar-refractivity contribution is 6.04. The number of benzene rings is 2. The molecule has 1 saturated carbocycles. The molecular weight excluding hydrogens is 437 g/mol. The highest BCUT2D eigenvalue weighted by Gasteiger charge is 2.42. The fraction of sp³-hybridized carbons (Fsp3) is 0.240. The smallest absolute Gasteiger partial charge is 0.254 e. The van der Waals surface area contributed by atoms with E-state index in [-0.39, 0.29) is 28.7 Å². The number of primary amides is 1. The first kappa shape index (κ1) is 21.8. The van der Waals surface area contributed by atoms with E-state index >= 15 is 4.39 Å². The van der Waals surface area contributed by atoms with Gasteiger partial charge in [-0.15, -0.1) is 0 Å². The largest absolute Gasteiger partial charge is 0.496 e. The number of nitrogens with zero attached hydrogens (tertiary/aromatic N) is 3. The number of rotatable bonds is 5. The lowest BCUT2D eigenvalue weighted by Crippen LogP contribution is -2.42. The molecular formula is C25H24FN5O3. The Hall–Kier alpha value is -3.98. The van der Waals surface area contributed by atoms with Crippen LogP contribution in [0.1, 0.15) is 36.2 Å². The number of hydrogen-bond donors (Lipinski definition) is 3. The third kappa shape index (κ3) is 3.54. The molecule has 1 aliphatic carbocycles. The number of aromatic nitrogens is 3. The molecule has 34 heavy (non-hydrogen) atoms. The summed E-state index contributed by atoms with van der Waals surface area (Å²) in [5, 5.41) is 15.1. The molecule has 0 saturated heterocycles. The maximum Gasteiger partial charge on any atom is 0.254 e. The topological polar surface area (TPSA) is 129 Å². The van der Waals surface area contributed by atoms with Crippen molar-refractivity contribution in [2.45, 2.75) is 31.4 Å². The quantitative estimate of drug-likeness (QED) is 0.416. The van der Waals surface area contributed by atoms with Gasteiger partial charge in [0.05, 0.1) is 30.0 Å². The highest BCUT2D eigenvalue weighted by atomic mass is 19.1. The van der Waals surface area contributed by atoms with E-state index in [4.69, 9.17) is 21.2 Å². The lowest BCUT2D eigenvalue weighted by atomic mass is 9.77. The van der Waals surface area contributed by atoms with Gasteiger partial charge in [-0.1, -0.05) is 30.3 Å². The van der Waals surface area contributed by atoms with Gasteiger partial charge in [0.2, 0.25) is 0 Å². The molecule has 0 bridgehead atoms. The summed E-state index contributed by atoms with van der Waals surface area (Å²) in [6, 6.07) is 13.9. The lowest BCUT2D eigenvalue weighted by Gasteiger charge is -2.41. The van der Waals surface area contributed by atoms with Crippen molar-refractivity contribution in [1.82, 2.24) is 14.8 Å². The van der Waals surface area contributed by atoms with Crippen molar-refractivity contribution in [3.8, 4) is 28.3 Å². The molecule has 2 heterocycles. The predicted octanol–water partition coefficient (Wildman–Crippen LogP) is 3.68. The number of fused-ring (bicyclic) bond motifs is 1. The Balaban J connectivity index is 1.70. The fourth-order valence-electron chi connectivity index (χ4n) is 4.61. The van der Waals surface area contributed by atoms with Gasteiger partial charge in [0.15, 0.2) is 0 Å². The number of halogens is 1. The van der Waals surface area contributed by atoms with Crippen molar-refractivity contribution in [1.29, 1.82) is 0 Å². The van der Waals surface area contributed by atoms with Crippen LogP contribution in [0.5, 0.6) is 5.75 Å². The van der Waals surface area contributed by atoms with Crippen molar-refractivity contribution in [3.05, 3.63) is 59.9 Å². The van der Waals surface area contributed by atoms with Crippen molar-refractivity contribution >= 4 is 22.6 Å². The zero-order chi connectivity index (χ0) is 24.2. The molecule has 9 heteroatoms. The first-order valence-corrected chi connectivity index (χ1v) is 10.8. The molecule has 4 aromatic rings. The molecule has 2 aromatic heterocycles. The molecule has 174 valence electrons. The van der Waals surface area contributed by atoms with Gasteiger partial charge in [0, 0.05) is 22.6 Å². The molecule has 1 fully saturated rings. The summed E-state index contributed by atoms with van der Waals surface area (Å²) in [6.07, 6.45) is 0.825. The van der Waals surface area contributed by atoms with Crippen molar-refractivity contribution < 1.29 is 19.0 Å². The first-order chi connectivity index (χ1) is 16.2. The van der Waals surface area contributed by atoms with Crippen molar-refractivity contribution in [2.24, 2.45) is 5.73 Å². The van der Waals surface area contributed by atoms with Crippen LogP contribution in [0.4, 0.5) is 10.2 Å². The van der Waals surface area contributed by atoms with Crippen LogP contribution in [0.25, 0.3) is 33.4 Å². The number of pyridine rings is 1. The summed E-state index contributed by atoms with van der Waals surface area (Å²) in [6.45, 7) is 1.71. The second-order valence-corrected chi connectivity index (χ2v) is 8.90. The molecule has 0 aliphatic heterocycles. The van der Waals surface area contributed by atoms with Gasteiger partial charge in [-0.2, -0.15) is 5.10 Å². The molecule has 1 amide bonds. The maximum absolute atomic E-state index is 15.4. The van der Waals surface area contributed by atoms with E-state index in [1.165, 1.54) is 23.9 Å². The van der Waals surface area contributed by atoms with E-state index in [1.807, 2.05) is 30.3 Å². The molecule has 1 aliphatic rings. The van der Waals surface area contributed by atoms with Crippen LogP contribution < -0.4 is 16.2 Å². The molecule has 8 nitrogen and oxygen atoms in total. The van der Waals surface area contributed by atoms with Crippen molar-refractivity contribution in [3.63, 3.8) is 0 Å². The molecule has 5 N–H and O–H groups in total. The monoisotopic (exact) mass is 461 g/mol. The van der Waals surface area contributed by atoms with Crippen LogP contribution in [0.3, 0.4) is 0 Å². The van der Waals surface area contributed by atoms with Crippen molar-refractivity contribution in [2.75, 3.05) is 12.8 Å². The van der Waals surface area contributed by atoms with Crippen LogP contribution >= 0.6 is 0 Å². The minimum absolute atomic E-state index is 0.0434. The summed E-state index contributed by atoms with van der Waals surface area (Å²) >= 11 is 0. The molecule has 0 atom stereocenters. The normalized spacial score (nSPS) is 19.7. The first-order valence-electron chi connectivity index (χ1n) is 10.8. The summed E-state index contributed by atoms with van der Waals surface area (Å²) in [5.74, 6) is -0.919. The summed E-state index contributed by atoms with van der Waals surface area (Å²) in [5.41, 5.74) is 13.0. The summed E-state index contributed by atoms with van der Waals surface area (Å²) in [7, 11) is 1.51. The minimum atomic E-state index is -0.835. The van der Waals surface area contributed by atoms with Crippen LogP contribution in [0, 0.1) is 5.82 Å². The second-order valence-electron chi connectivity index (χ2n) is 8.90. The zero-order valence-electron chi connectivity index (χ0n) is 18.7. The number of methoxy groups -OCH3 is 1. The number of hydrogen-bond acceptors (Lipinski definition) is 6. The molecule has 0 unspecified atom stereocenters. The molecule has 2 aromatic carbocycles. The highest BCUT2D eigenvalue weighted by Crippen LogP contribution is 2.44. The number of nitrogen functional groups attached to an aromatic ring is 1. The average Bonchev–Trinajstić information content (AvgIpc) is 3.13. The Bertz CT molecular complexity index is 1420. The van der Waals surface area contributed by atoms with Gasteiger partial charge < -0.3 is 21.3 Å². The summed E-state index contributed by atoms with van der Waals surface area (Å²) < 4.78 is 22.3. The number of ether oxygens (including phenoxy) is 1. The summed E-state index contributed by atoms with van der Waals surface area (Å²) in [4.78, 5) is 17.0. The van der Waals surface area contributed by atoms with Crippen LogP contribution in [-0.4, -0.2) is 38.5 Å². The predicted molar refractivity (Wildman–Crippen MR) is 127 cm³/mol. The SMILES string of the molecule is COc1cc(-c2ccccc2)nc2cc(-c3nn(C4CC(C)(O)C4)c(N)c3C(N)=O)c(F)cc12. The number of nitrogens with two attached hydrogens (primary N) is 2. The van der Waals surface area contributed by atoms with Crippen LogP contribution in [0.2, 0.25) is 0 Å². The van der Waals surface area contributed by atoms with Crippen LogP contribution in [0.15, 0.2) is 48.5 Å². The Kier molecular flexibility index (Phi) is 5.02. The van der Waals surface area contributed by atoms with Gasteiger partial charge in [-0.3, -0.25) is 4.79 Å². The van der Waals surface area contributed by atoms with Gasteiger partial charge in [-0.25, -0.2) is 14.1 Å². The number of anilines is 1. The number of carbonyl (C=O) groups is 1. The number of aliphatic hydroxyl groups is 1. The zero-order valence-corrected chi connectivity index (χ0v) is 18.7. The van der Waals surface area contributed by atoms with E-state index in [2.05, 4.69) is 5.10 Å². The molecule has 0 spiro atoms. The Morgan fingerprint density at radius 2 is 1.94 bits per heavy atom. The number of amides is 1. The minimum Gasteiger partial charge on any atom is -0.496 e. The molecule has 5 rings (SSSR count). The van der Waals surface area contributed by atoms with Gasteiger partial charge in [0.25, 0.3) is 5.91 Å². The van der Waals surface area contributed by atoms with E-state index in [9.17, 15) is 9.90 Å². The van der Waals surface area contributed by atoms with E-state index in [0.717, 1.165) is 5.56 Å². The fourth-order valence-corrected chi connectivity index (χ4v) is 4.61. The Labute approximate surface area is 195 Å². The Morgan fingerprint density at radius 3 is 2.56 bits per heavy atom. The lowest BCUT2D eigenvalue weighted by molar-refractivity contribution is -0.0535. The van der Waals surface area contributed by atoms with Crippen LogP contribution in [-0.2, 0) is 0 Å². The van der Waals surface area contributed by atoms with Gasteiger partial charge in [0.1, 0.15) is 28.6 Å². The third-order valence-corrected chi connectivity index (χ3v) is 6.29. The number of carbonyl (C=O) groups excluding carboxylic acids is 1. The second kappa shape index (κ2) is 7.81. The standard InChI is InChI=1S/C25H24FN5O3/c1-25(33)11-14(12-25)31-23(27)21(24(28)32)22(30-31)15-9-19-16(8-17(15)26)20(34-2)10-18(29-19)13-6-4-3-5-7-13/h3-10,14,33H,11-12,27H2,1-2H3,(H2,28,32). The molecule has 0 radical (unpaired) electrons. The van der Waals surface area contributed by atoms with E-state index < -0.39 is 17.3 Å². The van der Waals surface area contributed by atoms with E-state index in [0.29, 0.717) is 35.2 Å². The van der Waals surface area contributed by atoms with Gasteiger partial charge >= 0.3 is 0 Å². The van der Waals surface area contributed by atoms with Gasteiger partial charge in [-0.05, 0) is 31.9 Å². The third-order valence-electron chi connectivity index (χ3n) is 6.29. The van der Waals surface area contributed by atoms with E-state index in [1.54, 1.807) is 13.0 Å².